The van der Waals surface area contributed by atoms with Crippen LogP contribution in [-0.2, 0) is 23.1 Å². The van der Waals surface area contributed by atoms with E-state index in [4.69, 9.17) is 4.74 Å². The summed E-state index contributed by atoms with van der Waals surface area (Å²) < 4.78 is 7.43. The van der Waals surface area contributed by atoms with Crippen LogP contribution in [0.3, 0.4) is 0 Å². The van der Waals surface area contributed by atoms with Crippen molar-refractivity contribution in [3.05, 3.63) is 18.0 Å². The van der Waals surface area contributed by atoms with Crippen molar-refractivity contribution in [1.29, 1.82) is 0 Å². The Morgan fingerprint density at radius 3 is 2.88 bits per heavy atom. The Morgan fingerprint density at radius 1 is 1.42 bits per heavy atom. The zero-order valence-electron chi connectivity index (χ0n) is 14.5. The second-order valence-electron chi connectivity index (χ2n) is 7.91. The highest BCUT2D eigenvalue weighted by Gasteiger charge is 2.50. The summed E-state index contributed by atoms with van der Waals surface area (Å²) in [6.45, 7) is 5.16. The lowest BCUT2D eigenvalue weighted by molar-refractivity contribution is -0.129. The summed E-state index contributed by atoms with van der Waals surface area (Å²) in [4.78, 5) is 15.3. The monoisotopic (exact) mass is 332 g/mol. The molecule has 132 valence electrons. The van der Waals surface area contributed by atoms with Crippen LogP contribution in [-0.4, -0.2) is 53.4 Å². The van der Waals surface area contributed by atoms with Crippen molar-refractivity contribution in [1.82, 2.24) is 20.0 Å². The van der Waals surface area contributed by atoms with Gasteiger partial charge in [0.1, 0.15) is 0 Å². The van der Waals surface area contributed by atoms with Gasteiger partial charge in [0.15, 0.2) is 0 Å². The van der Waals surface area contributed by atoms with Crippen molar-refractivity contribution < 1.29 is 9.53 Å². The van der Waals surface area contributed by atoms with Crippen molar-refractivity contribution in [2.24, 2.45) is 24.3 Å². The minimum atomic E-state index is 0.0914. The maximum absolute atomic E-state index is 12.9. The van der Waals surface area contributed by atoms with Crippen LogP contribution in [0, 0.1) is 17.3 Å². The molecule has 3 fully saturated rings. The molecule has 6 heteroatoms. The highest BCUT2D eigenvalue weighted by molar-refractivity contribution is 5.80. The molecule has 0 aromatic carbocycles. The average Bonchev–Trinajstić information content (AvgIpc) is 3.23. The van der Waals surface area contributed by atoms with Gasteiger partial charge in [-0.15, -0.1) is 0 Å². The fraction of sp³-hybridized carbons (Fsp3) is 0.778. The van der Waals surface area contributed by atoms with Crippen LogP contribution in [0.2, 0.25) is 0 Å². The molecule has 4 rings (SSSR count). The molecule has 1 spiro atoms. The predicted molar refractivity (Wildman–Crippen MR) is 90.2 cm³/mol. The molecule has 3 aliphatic rings. The fourth-order valence-corrected chi connectivity index (χ4v) is 4.34. The van der Waals surface area contributed by atoms with Gasteiger partial charge in [0.2, 0.25) is 5.91 Å². The van der Waals surface area contributed by atoms with E-state index in [-0.39, 0.29) is 17.2 Å². The van der Waals surface area contributed by atoms with Gasteiger partial charge in [0.25, 0.3) is 0 Å². The van der Waals surface area contributed by atoms with Crippen molar-refractivity contribution in [3.8, 4) is 0 Å². The molecule has 1 aromatic rings. The summed E-state index contributed by atoms with van der Waals surface area (Å²) in [7, 11) is 1.95. The average molecular weight is 332 g/mol. The first-order valence-electron chi connectivity index (χ1n) is 9.20. The fourth-order valence-electron chi connectivity index (χ4n) is 4.34. The second-order valence-corrected chi connectivity index (χ2v) is 7.91. The Labute approximate surface area is 143 Å². The number of aryl methyl sites for hydroxylation is 1. The van der Waals surface area contributed by atoms with E-state index in [2.05, 4.69) is 21.5 Å². The molecular weight excluding hydrogens is 304 g/mol. The Kier molecular flexibility index (Phi) is 4.35. The van der Waals surface area contributed by atoms with Gasteiger partial charge in [-0.3, -0.25) is 14.4 Å². The third-order valence-electron chi connectivity index (χ3n) is 5.95. The number of likely N-dealkylation sites (tertiary alicyclic amines) is 1. The van der Waals surface area contributed by atoms with E-state index in [9.17, 15) is 4.79 Å². The number of ether oxygens (including phenoxy) is 1. The maximum Gasteiger partial charge on any atom is 0.225 e. The lowest BCUT2D eigenvalue weighted by Gasteiger charge is -2.37. The minimum absolute atomic E-state index is 0.0914. The third-order valence-corrected chi connectivity index (χ3v) is 5.95. The third kappa shape index (κ3) is 3.35. The molecule has 0 unspecified atom stereocenters. The van der Waals surface area contributed by atoms with Crippen molar-refractivity contribution in [3.63, 3.8) is 0 Å². The normalized spacial score (nSPS) is 26.8. The number of amides is 1. The molecular formula is C18H28N4O2. The van der Waals surface area contributed by atoms with E-state index < -0.39 is 0 Å². The molecule has 1 amide bonds. The van der Waals surface area contributed by atoms with Gasteiger partial charge in [0, 0.05) is 63.6 Å². The van der Waals surface area contributed by atoms with E-state index in [1.165, 1.54) is 18.4 Å². The summed E-state index contributed by atoms with van der Waals surface area (Å²) in [5, 5.41) is 7.49. The first-order chi connectivity index (χ1) is 11.6. The van der Waals surface area contributed by atoms with Crippen LogP contribution < -0.4 is 5.32 Å². The Balaban J connectivity index is 1.45. The second kappa shape index (κ2) is 6.48. The minimum Gasteiger partial charge on any atom is -0.381 e. The van der Waals surface area contributed by atoms with Crippen LogP contribution in [0.5, 0.6) is 0 Å². The Bertz CT molecular complexity index is 590. The van der Waals surface area contributed by atoms with Crippen LogP contribution >= 0.6 is 0 Å². The molecule has 1 saturated carbocycles. The van der Waals surface area contributed by atoms with E-state index in [1.54, 1.807) is 0 Å². The van der Waals surface area contributed by atoms with Gasteiger partial charge < -0.3 is 10.1 Å². The summed E-state index contributed by atoms with van der Waals surface area (Å²) in [5.74, 6) is 1.08. The number of carbonyl (C=O) groups excluding carboxylic acids is 1. The SMILES string of the molecule is Cn1cc(CN2C[C@H](C(=O)NCC3CC3)C3(CCOCC3)C2)cn1. The van der Waals surface area contributed by atoms with E-state index in [0.717, 1.165) is 58.2 Å². The smallest absolute Gasteiger partial charge is 0.225 e. The van der Waals surface area contributed by atoms with Gasteiger partial charge in [-0.1, -0.05) is 0 Å². The van der Waals surface area contributed by atoms with Crippen LogP contribution in [0.4, 0.5) is 0 Å². The molecule has 6 nitrogen and oxygen atoms in total. The highest BCUT2D eigenvalue weighted by Crippen LogP contribution is 2.45. The largest absolute Gasteiger partial charge is 0.381 e. The lowest BCUT2D eigenvalue weighted by Crippen LogP contribution is -2.44. The van der Waals surface area contributed by atoms with Gasteiger partial charge >= 0.3 is 0 Å². The summed E-state index contributed by atoms with van der Waals surface area (Å²) in [5.41, 5.74) is 1.31. The molecule has 1 N–H and O–H groups in total. The lowest BCUT2D eigenvalue weighted by atomic mass is 9.71. The number of hydrogen-bond donors (Lipinski definition) is 1. The van der Waals surface area contributed by atoms with Gasteiger partial charge in [-0.05, 0) is 31.6 Å². The predicted octanol–water partition coefficient (Wildman–Crippen LogP) is 1.17. The standard InChI is InChI=1S/C18H28N4O2/c1-21-10-15(9-20-21)11-22-12-16(17(23)19-8-14-2-3-14)18(13-22)4-6-24-7-5-18/h9-10,14,16H,2-8,11-13H2,1H3,(H,19,23)/t16-/m1/s1. The zero-order valence-corrected chi connectivity index (χ0v) is 14.5. The molecule has 0 radical (unpaired) electrons. The van der Waals surface area contributed by atoms with Gasteiger partial charge in [0.05, 0.1) is 12.1 Å². The van der Waals surface area contributed by atoms with Crippen LogP contribution in [0.25, 0.3) is 0 Å². The number of rotatable bonds is 5. The Morgan fingerprint density at radius 2 is 2.21 bits per heavy atom. The first-order valence-corrected chi connectivity index (χ1v) is 9.20. The molecule has 0 bridgehead atoms. The van der Waals surface area contributed by atoms with Gasteiger partial charge in [-0.25, -0.2) is 0 Å². The number of aromatic nitrogens is 2. The first kappa shape index (κ1) is 16.1. The van der Waals surface area contributed by atoms with Crippen molar-refractivity contribution in [2.45, 2.75) is 32.2 Å². The molecule has 1 aromatic heterocycles. The molecule has 2 aliphatic heterocycles. The molecule has 1 aliphatic carbocycles. The number of hydrogen-bond acceptors (Lipinski definition) is 4. The van der Waals surface area contributed by atoms with Crippen molar-refractivity contribution >= 4 is 5.91 Å². The van der Waals surface area contributed by atoms with E-state index in [0.29, 0.717) is 0 Å². The quantitative estimate of drug-likeness (QED) is 0.879. The van der Waals surface area contributed by atoms with Crippen LogP contribution in [0.15, 0.2) is 12.4 Å². The number of carbonyl (C=O) groups is 1. The van der Waals surface area contributed by atoms with Gasteiger partial charge in [-0.2, -0.15) is 5.10 Å². The van der Waals surface area contributed by atoms with E-state index >= 15 is 0 Å². The van der Waals surface area contributed by atoms with E-state index in [1.807, 2.05) is 17.9 Å². The number of nitrogens with zero attached hydrogens (tertiary/aromatic N) is 3. The Hall–Kier alpha value is -1.40. The molecule has 2 saturated heterocycles. The maximum atomic E-state index is 12.9. The summed E-state index contributed by atoms with van der Waals surface area (Å²) in [6.07, 6.45) is 8.54. The summed E-state index contributed by atoms with van der Waals surface area (Å²) >= 11 is 0. The summed E-state index contributed by atoms with van der Waals surface area (Å²) in [6, 6.07) is 0. The zero-order chi connectivity index (χ0) is 16.6. The molecule has 24 heavy (non-hydrogen) atoms. The molecule has 1 atom stereocenters. The number of nitrogens with one attached hydrogen (secondary N) is 1. The highest BCUT2D eigenvalue weighted by atomic mass is 16.5. The van der Waals surface area contributed by atoms with Crippen LogP contribution in [0.1, 0.15) is 31.2 Å². The topological polar surface area (TPSA) is 59.4 Å². The van der Waals surface area contributed by atoms with Crippen molar-refractivity contribution in [2.75, 3.05) is 32.8 Å². The molecule has 3 heterocycles.